The van der Waals surface area contributed by atoms with E-state index in [1.54, 1.807) is 0 Å². The van der Waals surface area contributed by atoms with Gasteiger partial charge in [-0.25, -0.2) is 29.5 Å². The van der Waals surface area contributed by atoms with Crippen LogP contribution in [0.1, 0.15) is 62.9 Å². The summed E-state index contributed by atoms with van der Waals surface area (Å²) >= 11 is 0. The van der Waals surface area contributed by atoms with Gasteiger partial charge in [-0.1, -0.05) is 18.2 Å². The van der Waals surface area contributed by atoms with Crippen LogP contribution >= 0.6 is 0 Å². The Morgan fingerprint density at radius 3 is 1.04 bits per heavy atom. The molecule has 0 unspecified atom stereocenters. The average molecular weight is 693 g/mol. The number of carboxylic acids is 6. The van der Waals surface area contributed by atoms with Gasteiger partial charge in [-0.3, -0.25) is 0 Å². The predicted molar refractivity (Wildman–Crippen MR) is 136 cm³/mol. The van der Waals surface area contributed by atoms with Gasteiger partial charge in [0.15, 0.2) is 0 Å². The number of H-pyrrole nitrogens is 2. The number of nitrogens with zero attached hydrogens (tertiary/aromatic N) is 4. The first-order valence-corrected chi connectivity index (χ1v) is 10.8. The first-order valence-electron chi connectivity index (χ1n) is 10.8. The van der Waals surface area contributed by atoms with Crippen molar-refractivity contribution in [3.8, 4) is 0 Å². The van der Waals surface area contributed by atoms with Crippen LogP contribution in [0.15, 0.2) is 54.6 Å². The van der Waals surface area contributed by atoms with Gasteiger partial charge in [0.05, 0.1) is 46.7 Å². The summed E-state index contributed by atoms with van der Waals surface area (Å²) in [4.78, 5) is 73.8. The van der Waals surface area contributed by atoms with Crippen molar-refractivity contribution in [2.45, 2.75) is 0 Å². The average Bonchev–Trinajstić information content (AvgIpc) is 3.36. The third-order valence-electron chi connectivity index (χ3n) is 4.08. The van der Waals surface area contributed by atoms with E-state index in [2.05, 4.69) is 30.1 Å². The van der Waals surface area contributed by atoms with Crippen molar-refractivity contribution in [3.63, 3.8) is 0 Å². The van der Waals surface area contributed by atoms with Crippen molar-refractivity contribution >= 4 is 47.7 Å². The summed E-state index contributed by atoms with van der Waals surface area (Å²) in [6.07, 6.45) is 0. The summed E-state index contributed by atoms with van der Waals surface area (Å²) in [7, 11) is 0. The van der Waals surface area contributed by atoms with Crippen molar-refractivity contribution in [2.75, 3.05) is 11.5 Å². The third kappa shape index (κ3) is 15.6. The zero-order chi connectivity index (χ0) is 32.7. The van der Waals surface area contributed by atoms with Crippen molar-refractivity contribution < 1.29 is 92.1 Å². The van der Waals surface area contributed by atoms with Crippen LogP contribution in [0.25, 0.3) is 0 Å². The molecule has 0 atom stereocenters. The van der Waals surface area contributed by atoms with E-state index in [0.29, 0.717) is 11.9 Å². The fourth-order valence-corrected chi connectivity index (χ4v) is 2.31. The molecule has 0 aliphatic heterocycles. The zero-order valence-electron chi connectivity index (χ0n) is 22.5. The molecule has 4 aromatic heterocycles. The quantitative estimate of drug-likeness (QED) is 0.117. The number of carboxylic acid groups (broad SMARTS) is 6. The largest absolute Gasteiger partial charge is 2.00 e. The maximum absolute atomic E-state index is 10.3. The maximum atomic E-state index is 10.3. The van der Waals surface area contributed by atoms with Gasteiger partial charge in [-0.2, -0.15) is 5.10 Å². The topological polar surface area (TPSA) is 433 Å². The molecule has 0 aliphatic rings. The summed E-state index contributed by atoms with van der Waals surface area (Å²) in [6, 6.07) is 10.9. The number of hydrogen-bond acceptors (Lipinski definition) is 16. The number of aromatic carboxylic acids is 6. The van der Waals surface area contributed by atoms with Gasteiger partial charge < -0.3 is 72.2 Å². The second kappa shape index (κ2) is 21.2. The molecular weight excluding hydrogens is 671 g/mol. The molecule has 1 radical (unpaired) electrons. The molecule has 0 aromatic carbocycles. The first kappa shape index (κ1) is 43.9. The summed E-state index contributed by atoms with van der Waals surface area (Å²) < 4.78 is 0. The van der Waals surface area contributed by atoms with E-state index in [0.717, 1.165) is 24.3 Å². The summed E-state index contributed by atoms with van der Waals surface area (Å²) in [6.45, 7) is 0. The monoisotopic (exact) mass is 693 g/mol. The van der Waals surface area contributed by atoms with Crippen molar-refractivity contribution in [1.29, 1.82) is 0 Å². The number of pyridine rings is 3. The number of hydrogen-bond donors (Lipinski definition) is 5. The van der Waals surface area contributed by atoms with Gasteiger partial charge in [0.1, 0.15) is 11.4 Å². The third-order valence-corrected chi connectivity index (χ3v) is 4.08. The molecule has 22 nitrogen and oxygen atoms in total. The number of aromatic nitrogens is 6. The van der Waals surface area contributed by atoms with Gasteiger partial charge in [-0.15, -0.1) is 0 Å². The van der Waals surface area contributed by atoms with Crippen molar-refractivity contribution in [1.82, 2.24) is 25.1 Å². The van der Waals surface area contributed by atoms with E-state index in [1.807, 2.05) is 0 Å². The standard InChI is InChI=1S/3C7H5NO4.C2H5N5.Co.2H2O/c3*9-6(10)4-2-1-3-5(8-4)7(11)12;3-1-5-2(4)7-6-1;;;/h3*1-3H,(H,9,10)(H,11,12);(H5,3,4,5,6,7);;2*1H2/q;;;;+2;;/p-2. The van der Waals surface area contributed by atoms with Crippen LogP contribution in [0, 0.1) is 0 Å². The molecule has 23 heteroatoms. The molecule has 4 heterocycles. The number of aromatic amines is 2. The van der Waals surface area contributed by atoms with Crippen LogP contribution < -0.4 is 36.9 Å². The van der Waals surface area contributed by atoms with Gasteiger partial charge in [0, 0.05) is 0 Å². The minimum absolute atomic E-state index is 0. The Morgan fingerprint density at radius 2 is 0.870 bits per heavy atom. The molecule has 0 fully saturated rings. The van der Waals surface area contributed by atoms with E-state index in [9.17, 15) is 49.2 Å². The number of carbonyl (C=O) groups excluding carboxylic acids is 4. The Kier molecular flexibility index (Phi) is 20.2. The Hall–Kier alpha value is -6.56. The minimum atomic E-state index is -1.52. The summed E-state index contributed by atoms with van der Waals surface area (Å²) in [5, 5.41) is 63.5. The SMILES string of the molecule is Nc1n[nH]c(N)[nH+]1.O.O=C(O)c1cccc(C(=O)O)n1.O=C([O-])c1cccc(C(=O)[O-])n1.O=C([O-])c1cccc(C(=O)[O-])n1.[Co+2].[OH3+]. The molecule has 13 N–H and O–H groups in total. The second-order valence-corrected chi connectivity index (χ2v) is 7.13. The number of nitrogen functional groups attached to an aromatic ring is 2. The molecule has 0 bridgehead atoms. The molecule has 0 saturated heterocycles. The summed E-state index contributed by atoms with van der Waals surface area (Å²) in [5.74, 6) is -7.86. The van der Waals surface area contributed by atoms with Crippen LogP contribution in [0.5, 0.6) is 0 Å². The predicted octanol–water partition coefficient (Wildman–Crippen LogP) is -7.27. The number of nitrogens with one attached hydrogen (secondary N) is 2. The number of anilines is 2. The molecular formula is C23H22CoN8O14. The summed E-state index contributed by atoms with van der Waals surface area (Å²) in [5.41, 5.74) is 8.01. The van der Waals surface area contributed by atoms with Crippen LogP contribution in [-0.4, -0.2) is 76.7 Å². The van der Waals surface area contributed by atoms with E-state index in [4.69, 9.17) is 21.7 Å². The molecule has 46 heavy (non-hydrogen) atoms. The number of nitrogens with two attached hydrogens (primary N) is 2. The van der Waals surface area contributed by atoms with E-state index >= 15 is 0 Å². The van der Waals surface area contributed by atoms with E-state index < -0.39 is 58.6 Å². The fraction of sp³-hybridized carbons (Fsp3) is 0. The fourth-order valence-electron chi connectivity index (χ4n) is 2.31. The van der Waals surface area contributed by atoms with Crippen LogP contribution in [0.3, 0.4) is 0 Å². The van der Waals surface area contributed by atoms with Gasteiger partial charge >= 0.3 is 40.6 Å². The number of rotatable bonds is 6. The normalized spacial score (nSPS) is 8.70. The smallest absolute Gasteiger partial charge is 0.543 e. The Morgan fingerprint density at radius 1 is 0.609 bits per heavy atom. The van der Waals surface area contributed by atoms with Gasteiger partial charge in [0.25, 0.3) is 0 Å². The van der Waals surface area contributed by atoms with Crippen LogP contribution in [-0.2, 0) is 22.3 Å². The Labute approximate surface area is 265 Å². The maximum Gasteiger partial charge on any atom is 2.00 e. The van der Waals surface area contributed by atoms with Gasteiger partial charge in [0.2, 0.25) is 0 Å². The molecule has 0 spiro atoms. The van der Waals surface area contributed by atoms with E-state index in [1.165, 1.54) is 30.3 Å². The van der Waals surface area contributed by atoms with Crippen molar-refractivity contribution in [3.05, 3.63) is 88.8 Å². The molecule has 247 valence electrons. The molecule has 0 aliphatic carbocycles. The minimum Gasteiger partial charge on any atom is -0.543 e. The van der Waals surface area contributed by atoms with E-state index in [-0.39, 0.29) is 39.1 Å². The van der Waals surface area contributed by atoms with Crippen molar-refractivity contribution in [2.24, 2.45) is 0 Å². The van der Waals surface area contributed by atoms with Crippen LogP contribution in [0.2, 0.25) is 0 Å². The van der Waals surface area contributed by atoms with Crippen LogP contribution in [0.4, 0.5) is 11.9 Å². The molecule has 0 saturated carbocycles. The first-order chi connectivity index (χ1) is 20.1. The second-order valence-electron chi connectivity index (χ2n) is 7.13. The molecule has 4 aromatic rings. The number of carbonyl (C=O) groups is 6. The van der Waals surface area contributed by atoms with Gasteiger partial charge in [-0.05, 0) is 41.5 Å². The molecule has 4 rings (SSSR count). The molecule has 0 amide bonds. The zero-order valence-corrected chi connectivity index (χ0v) is 23.6. The Balaban J connectivity index is -0.000000532. The Bertz CT molecular complexity index is 1390.